The van der Waals surface area contributed by atoms with Crippen LogP contribution in [-0.2, 0) is 11.2 Å². The average Bonchev–Trinajstić information content (AvgIpc) is 2.69. The highest BCUT2D eigenvalue weighted by atomic mass is 16.4. The minimum atomic E-state index is -1.08. The predicted octanol–water partition coefficient (Wildman–Crippen LogP) is 2.80. The molecule has 1 heterocycles. The van der Waals surface area contributed by atoms with E-state index in [-0.39, 0.29) is 0 Å². The van der Waals surface area contributed by atoms with Gasteiger partial charge in [0.1, 0.15) is 5.54 Å². The lowest BCUT2D eigenvalue weighted by Gasteiger charge is -2.28. The van der Waals surface area contributed by atoms with Gasteiger partial charge in [0.05, 0.1) is 0 Å². The van der Waals surface area contributed by atoms with Crippen molar-refractivity contribution in [2.45, 2.75) is 51.0 Å². The van der Waals surface area contributed by atoms with Crippen LogP contribution in [0.1, 0.15) is 44.6 Å². The normalized spacial score (nSPS) is 17.7. The molecule has 1 aliphatic heterocycles. The Morgan fingerprint density at radius 2 is 2.14 bits per heavy atom. The van der Waals surface area contributed by atoms with E-state index in [0.29, 0.717) is 12.8 Å². The van der Waals surface area contributed by atoms with Crippen molar-refractivity contribution in [3.05, 3.63) is 29.8 Å². The van der Waals surface area contributed by atoms with Crippen molar-refractivity contribution in [3.8, 4) is 0 Å². The summed E-state index contributed by atoms with van der Waals surface area (Å²) in [4.78, 5) is 13.6. The molecule has 2 rings (SSSR count). The highest BCUT2D eigenvalue weighted by molar-refractivity contribution is 5.78. The summed E-state index contributed by atoms with van der Waals surface area (Å²) in [5, 5.41) is 9.23. The minimum Gasteiger partial charge on any atom is -0.480 e. The molecule has 0 fully saturated rings. The fraction of sp³-hybridized carbons (Fsp3) is 0.588. The molecule has 4 nitrogen and oxygen atoms in total. The number of benzene rings is 1. The van der Waals surface area contributed by atoms with Crippen LogP contribution in [0.25, 0.3) is 0 Å². The molecule has 0 saturated carbocycles. The molecule has 0 bridgehead atoms. The standard InChI is InChI=1S/C17H26N2O2/c1-2-17(18,16(20)21)11-7-13-19-12-6-5-9-14-8-3-4-10-15(14)19/h3-4,8,10H,2,5-7,9,11-13,18H2,1H3,(H,20,21). The monoisotopic (exact) mass is 290 g/mol. The number of fused-ring (bicyclic) bond motifs is 1. The Balaban J connectivity index is 1.99. The molecule has 116 valence electrons. The summed E-state index contributed by atoms with van der Waals surface area (Å²) in [7, 11) is 0. The number of hydrogen-bond acceptors (Lipinski definition) is 3. The number of carbonyl (C=O) groups is 1. The average molecular weight is 290 g/mol. The maximum Gasteiger partial charge on any atom is 0.323 e. The van der Waals surface area contributed by atoms with Crippen LogP contribution in [0.15, 0.2) is 24.3 Å². The van der Waals surface area contributed by atoms with Crippen molar-refractivity contribution in [2.24, 2.45) is 5.73 Å². The highest BCUT2D eigenvalue weighted by Crippen LogP contribution is 2.26. The summed E-state index contributed by atoms with van der Waals surface area (Å²) in [6.07, 6.45) is 5.35. The number of aryl methyl sites for hydroxylation is 1. The largest absolute Gasteiger partial charge is 0.480 e. The first kappa shape index (κ1) is 15.8. The van der Waals surface area contributed by atoms with E-state index < -0.39 is 11.5 Å². The fourth-order valence-corrected chi connectivity index (χ4v) is 3.02. The zero-order chi connectivity index (χ0) is 15.3. The number of hydrogen-bond donors (Lipinski definition) is 2. The van der Waals surface area contributed by atoms with Crippen LogP contribution in [0.5, 0.6) is 0 Å². The van der Waals surface area contributed by atoms with Gasteiger partial charge < -0.3 is 15.7 Å². The Morgan fingerprint density at radius 3 is 2.86 bits per heavy atom. The molecule has 0 radical (unpaired) electrons. The Labute approximate surface area is 126 Å². The highest BCUT2D eigenvalue weighted by Gasteiger charge is 2.31. The van der Waals surface area contributed by atoms with Gasteiger partial charge in [-0.3, -0.25) is 4.79 Å². The second-order valence-electron chi connectivity index (χ2n) is 5.99. The molecule has 21 heavy (non-hydrogen) atoms. The Hall–Kier alpha value is -1.55. The van der Waals surface area contributed by atoms with E-state index in [4.69, 9.17) is 5.73 Å². The summed E-state index contributed by atoms with van der Waals surface area (Å²) in [5.41, 5.74) is 7.60. The van der Waals surface area contributed by atoms with E-state index in [1.54, 1.807) is 0 Å². The van der Waals surface area contributed by atoms with Crippen LogP contribution in [0.2, 0.25) is 0 Å². The molecular weight excluding hydrogens is 264 g/mol. The Kier molecular flexibility index (Phi) is 5.23. The molecule has 1 aromatic rings. The van der Waals surface area contributed by atoms with Gasteiger partial charge in [-0.05, 0) is 50.2 Å². The first-order valence-corrected chi connectivity index (χ1v) is 7.92. The van der Waals surface area contributed by atoms with Crippen LogP contribution < -0.4 is 10.6 Å². The molecule has 1 unspecified atom stereocenters. The molecular formula is C17H26N2O2. The quantitative estimate of drug-likeness (QED) is 0.845. The minimum absolute atomic E-state index is 0.471. The Bertz CT molecular complexity index is 489. The number of carboxylic acid groups (broad SMARTS) is 1. The number of nitrogens with zero attached hydrogens (tertiary/aromatic N) is 1. The molecule has 0 saturated heterocycles. The molecule has 0 amide bonds. The second kappa shape index (κ2) is 6.94. The molecule has 1 aromatic carbocycles. The van der Waals surface area contributed by atoms with Crippen molar-refractivity contribution >= 4 is 11.7 Å². The number of anilines is 1. The van der Waals surface area contributed by atoms with Gasteiger partial charge in [0, 0.05) is 18.8 Å². The molecule has 4 heteroatoms. The van der Waals surface area contributed by atoms with E-state index in [2.05, 4.69) is 29.2 Å². The number of rotatable bonds is 6. The molecule has 0 spiro atoms. The summed E-state index contributed by atoms with van der Waals surface area (Å²) < 4.78 is 0. The molecule has 0 aliphatic carbocycles. The van der Waals surface area contributed by atoms with Crippen LogP contribution in [0.3, 0.4) is 0 Å². The maximum absolute atomic E-state index is 11.2. The Morgan fingerprint density at radius 1 is 1.38 bits per heavy atom. The molecule has 0 aromatic heterocycles. The van der Waals surface area contributed by atoms with Gasteiger partial charge >= 0.3 is 5.97 Å². The summed E-state index contributed by atoms with van der Waals surface area (Å²) >= 11 is 0. The molecule has 1 atom stereocenters. The smallest absolute Gasteiger partial charge is 0.323 e. The van der Waals surface area contributed by atoms with Gasteiger partial charge in [0.25, 0.3) is 0 Å². The van der Waals surface area contributed by atoms with Crippen molar-refractivity contribution < 1.29 is 9.90 Å². The third-order valence-corrected chi connectivity index (χ3v) is 4.56. The lowest BCUT2D eigenvalue weighted by atomic mass is 9.91. The lowest BCUT2D eigenvalue weighted by molar-refractivity contribution is -0.143. The summed E-state index contributed by atoms with van der Waals surface area (Å²) in [6.45, 7) is 3.77. The third-order valence-electron chi connectivity index (χ3n) is 4.56. The van der Waals surface area contributed by atoms with E-state index in [0.717, 1.165) is 25.9 Å². The van der Waals surface area contributed by atoms with Gasteiger partial charge in [-0.2, -0.15) is 0 Å². The lowest BCUT2D eigenvalue weighted by Crippen LogP contribution is -2.47. The topological polar surface area (TPSA) is 66.6 Å². The van der Waals surface area contributed by atoms with E-state index in [9.17, 15) is 9.90 Å². The first-order valence-electron chi connectivity index (χ1n) is 7.92. The third kappa shape index (κ3) is 3.76. The SMILES string of the molecule is CCC(N)(CCCN1CCCCc2ccccc21)C(=O)O. The predicted molar refractivity (Wildman–Crippen MR) is 85.7 cm³/mol. The van der Waals surface area contributed by atoms with Crippen LogP contribution in [-0.4, -0.2) is 29.7 Å². The van der Waals surface area contributed by atoms with E-state index >= 15 is 0 Å². The van der Waals surface area contributed by atoms with Gasteiger partial charge in [-0.1, -0.05) is 25.1 Å². The van der Waals surface area contributed by atoms with Crippen molar-refractivity contribution in [1.82, 2.24) is 0 Å². The van der Waals surface area contributed by atoms with E-state index in [1.165, 1.54) is 24.1 Å². The zero-order valence-electron chi connectivity index (χ0n) is 12.8. The van der Waals surface area contributed by atoms with Gasteiger partial charge in [0.2, 0.25) is 0 Å². The zero-order valence-corrected chi connectivity index (χ0v) is 12.8. The number of para-hydroxylation sites is 1. The molecule has 3 N–H and O–H groups in total. The van der Waals surface area contributed by atoms with Crippen molar-refractivity contribution in [3.63, 3.8) is 0 Å². The first-order chi connectivity index (χ1) is 10.1. The fourth-order valence-electron chi connectivity index (χ4n) is 3.02. The van der Waals surface area contributed by atoms with Crippen LogP contribution in [0.4, 0.5) is 5.69 Å². The number of aliphatic carboxylic acids is 1. The number of carboxylic acids is 1. The van der Waals surface area contributed by atoms with Crippen LogP contribution in [0, 0.1) is 0 Å². The summed E-state index contributed by atoms with van der Waals surface area (Å²) in [6, 6.07) is 8.54. The summed E-state index contributed by atoms with van der Waals surface area (Å²) in [5.74, 6) is -0.888. The van der Waals surface area contributed by atoms with Gasteiger partial charge in [-0.15, -0.1) is 0 Å². The maximum atomic E-state index is 11.2. The van der Waals surface area contributed by atoms with Crippen LogP contribution >= 0.6 is 0 Å². The van der Waals surface area contributed by atoms with Crippen molar-refractivity contribution in [2.75, 3.05) is 18.0 Å². The van der Waals surface area contributed by atoms with Gasteiger partial charge in [-0.25, -0.2) is 0 Å². The number of nitrogens with two attached hydrogens (primary N) is 1. The van der Waals surface area contributed by atoms with Crippen molar-refractivity contribution in [1.29, 1.82) is 0 Å². The second-order valence-corrected chi connectivity index (χ2v) is 5.99. The molecule has 1 aliphatic rings. The van der Waals surface area contributed by atoms with Gasteiger partial charge in [0.15, 0.2) is 0 Å². The van der Waals surface area contributed by atoms with E-state index in [1.807, 2.05) is 6.92 Å².